The van der Waals surface area contributed by atoms with E-state index in [4.69, 9.17) is 0 Å². The summed E-state index contributed by atoms with van der Waals surface area (Å²) in [5.41, 5.74) is 0.742. The highest BCUT2D eigenvalue weighted by Gasteiger charge is 2.25. The fraction of sp³-hybridized carbons (Fsp3) is 0.471. The number of likely N-dealkylation sites (N-methyl/N-ethyl adjacent to an activating group) is 1. The average Bonchev–Trinajstić information content (AvgIpc) is 2.86. The molecule has 0 atom stereocenters. The Balaban J connectivity index is 1.81. The van der Waals surface area contributed by atoms with Gasteiger partial charge in [-0.3, -0.25) is 4.79 Å². The van der Waals surface area contributed by atoms with Crippen LogP contribution < -0.4 is 10.6 Å². The fourth-order valence-corrected chi connectivity index (χ4v) is 2.53. The van der Waals surface area contributed by atoms with E-state index >= 15 is 0 Å². The smallest absolute Gasteiger partial charge is 0.239 e. The van der Waals surface area contributed by atoms with Crippen molar-refractivity contribution < 1.29 is 4.79 Å². The topological polar surface area (TPSA) is 46.1 Å². The van der Waals surface area contributed by atoms with Gasteiger partial charge in [0, 0.05) is 24.8 Å². The molecule has 0 radical (unpaired) electrons. The number of rotatable bonds is 7. The summed E-state index contributed by atoms with van der Waals surface area (Å²) >= 11 is 0. The molecule has 2 N–H and O–H groups in total. The highest BCUT2D eigenvalue weighted by molar-refractivity contribution is 5.85. The summed E-state index contributed by atoms with van der Waals surface area (Å²) in [7, 11) is 0. The van der Waals surface area contributed by atoms with Gasteiger partial charge in [-0.1, -0.05) is 25.1 Å². The van der Waals surface area contributed by atoms with Crippen molar-refractivity contribution >= 4 is 16.8 Å². The Morgan fingerprint density at radius 2 is 2.00 bits per heavy atom. The molecule has 0 aliphatic carbocycles. The molecule has 0 aliphatic rings. The van der Waals surface area contributed by atoms with Crippen molar-refractivity contribution in [1.29, 1.82) is 0 Å². The predicted octanol–water partition coefficient (Wildman–Crippen LogP) is 2.54. The minimum atomic E-state index is -0.505. The highest BCUT2D eigenvalue weighted by Crippen LogP contribution is 2.15. The van der Waals surface area contributed by atoms with Crippen molar-refractivity contribution in [3.63, 3.8) is 0 Å². The molecule has 0 aliphatic heterocycles. The molecule has 114 valence electrons. The molecular formula is C17H25N3O. The number of fused-ring (bicyclic) bond motifs is 1. The summed E-state index contributed by atoms with van der Waals surface area (Å²) in [6.07, 6.45) is 3.03. The first kappa shape index (κ1) is 15.6. The maximum atomic E-state index is 12.0. The highest BCUT2D eigenvalue weighted by atomic mass is 16.2. The third-order valence-corrected chi connectivity index (χ3v) is 3.73. The second-order valence-electron chi connectivity index (χ2n) is 5.83. The molecule has 0 unspecified atom stereocenters. The summed E-state index contributed by atoms with van der Waals surface area (Å²) in [5, 5.41) is 7.45. The molecule has 0 spiro atoms. The Bertz CT molecular complexity index is 601. The van der Waals surface area contributed by atoms with E-state index in [1.807, 2.05) is 20.8 Å². The van der Waals surface area contributed by atoms with E-state index in [9.17, 15) is 4.79 Å². The largest absolute Gasteiger partial charge is 0.354 e. The zero-order valence-corrected chi connectivity index (χ0v) is 13.1. The number of amides is 1. The average molecular weight is 287 g/mol. The monoisotopic (exact) mass is 287 g/mol. The number of hydrogen-bond donors (Lipinski definition) is 2. The quantitative estimate of drug-likeness (QED) is 0.769. The van der Waals surface area contributed by atoms with E-state index in [0.29, 0.717) is 6.54 Å². The van der Waals surface area contributed by atoms with Gasteiger partial charge in [-0.2, -0.15) is 0 Å². The Hall–Kier alpha value is -1.81. The van der Waals surface area contributed by atoms with Gasteiger partial charge in [0.05, 0.1) is 5.54 Å². The molecular weight excluding hydrogens is 262 g/mol. The third-order valence-electron chi connectivity index (χ3n) is 3.73. The molecule has 2 rings (SSSR count). The maximum Gasteiger partial charge on any atom is 0.239 e. The summed E-state index contributed by atoms with van der Waals surface area (Å²) in [4.78, 5) is 12.0. The molecule has 1 amide bonds. The van der Waals surface area contributed by atoms with Gasteiger partial charge in [0.1, 0.15) is 0 Å². The zero-order valence-electron chi connectivity index (χ0n) is 13.1. The van der Waals surface area contributed by atoms with Gasteiger partial charge < -0.3 is 15.2 Å². The minimum absolute atomic E-state index is 0.0571. The second-order valence-corrected chi connectivity index (χ2v) is 5.83. The van der Waals surface area contributed by atoms with Crippen LogP contribution in [0.2, 0.25) is 0 Å². The molecule has 0 bridgehead atoms. The van der Waals surface area contributed by atoms with Crippen molar-refractivity contribution in [3.05, 3.63) is 36.5 Å². The van der Waals surface area contributed by atoms with Gasteiger partial charge in [0.2, 0.25) is 5.91 Å². The van der Waals surface area contributed by atoms with Crippen LogP contribution in [-0.4, -0.2) is 29.1 Å². The lowest BCUT2D eigenvalue weighted by atomic mass is 10.0. The van der Waals surface area contributed by atoms with Crippen LogP contribution in [0.5, 0.6) is 0 Å². The van der Waals surface area contributed by atoms with E-state index in [1.165, 1.54) is 10.9 Å². The van der Waals surface area contributed by atoms with E-state index in [2.05, 4.69) is 51.7 Å². The van der Waals surface area contributed by atoms with Crippen LogP contribution in [0.4, 0.5) is 0 Å². The van der Waals surface area contributed by atoms with Gasteiger partial charge in [-0.15, -0.1) is 0 Å². The number of carbonyl (C=O) groups is 1. The summed E-state index contributed by atoms with van der Waals surface area (Å²) in [5.74, 6) is 0.0571. The number of carbonyl (C=O) groups excluding carboxylic acids is 1. The summed E-state index contributed by atoms with van der Waals surface area (Å²) in [6.45, 7) is 8.22. The molecule has 21 heavy (non-hydrogen) atoms. The van der Waals surface area contributed by atoms with E-state index in [0.717, 1.165) is 19.5 Å². The summed E-state index contributed by atoms with van der Waals surface area (Å²) in [6, 6.07) is 10.5. The van der Waals surface area contributed by atoms with Crippen LogP contribution in [0, 0.1) is 0 Å². The Morgan fingerprint density at radius 3 is 2.76 bits per heavy atom. The number of benzene rings is 1. The Morgan fingerprint density at radius 1 is 1.24 bits per heavy atom. The first-order chi connectivity index (χ1) is 10.0. The molecule has 4 heteroatoms. The second kappa shape index (κ2) is 6.76. The maximum absolute atomic E-state index is 12.0. The zero-order chi connectivity index (χ0) is 15.3. The molecule has 2 aromatic rings. The molecule has 1 heterocycles. The van der Waals surface area contributed by atoms with Gasteiger partial charge in [-0.25, -0.2) is 0 Å². The molecule has 1 aromatic carbocycles. The van der Waals surface area contributed by atoms with Crippen LogP contribution in [-0.2, 0) is 11.3 Å². The van der Waals surface area contributed by atoms with Gasteiger partial charge in [-0.05, 0) is 44.3 Å². The van der Waals surface area contributed by atoms with Crippen molar-refractivity contribution in [1.82, 2.24) is 15.2 Å². The van der Waals surface area contributed by atoms with Crippen molar-refractivity contribution in [2.75, 3.05) is 13.1 Å². The molecule has 0 fully saturated rings. The fourth-order valence-electron chi connectivity index (χ4n) is 2.53. The van der Waals surface area contributed by atoms with Crippen LogP contribution in [0.15, 0.2) is 36.5 Å². The van der Waals surface area contributed by atoms with Crippen LogP contribution >= 0.6 is 0 Å². The standard InChI is InChI=1S/C17H25N3O/c1-4-19-17(2,3)16(21)18-11-7-12-20-13-10-14-8-5-6-9-15(14)20/h5-6,8-10,13,19H,4,7,11-12H2,1-3H3,(H,18,21). The number of nitrogens with one attached hydrogen (secondary N) is 2. The van der Waals surface area contributed by atoms with Gasteiger partial charge >= 0.3 is 0 Å². The van der Waals surface area contributed by atoms with E-state index in [-0.39, 0.29) is 5.91 Å². The molecule has 1 aromatic heterocycles. The number of aryl methyl sites for hydroxylation is 1. The Kier molecular flexibility index (Phi) is 5.02. The minimum Gasteiger partial charge on any atom is -0.354 e. The van der Waals surface area contributed by atoms with Crippen LogP contribution in [0.1, 0.15) is 27.2 Å². The predicted molar refractivity (Wildman–Crippen MR) is 87.3 cm³/mol. The van der Waals surface area contributed by atoms with Gasteiger partial charge in [0.15, 0.2) is 0 Å². The first-order valence-corrected chi connectivity index (χ1v) is 7.62. The number of para-hydroxylation sites is 1. The number of aromatic nitrogens is 1. The number of nitrogens with zero attached hydrogens (tertiary/aromatic N) is 1. The Labute approximate surface area is 126 Å². The normalized spacial score (nSPS) is 11.8. The lowest BCUT2D eigenvalue weighted by Gasteiger charge is -2.24. The van der Waals surface area contributed by atoms with E-state index < -0.39 is 5.54 Å². The van der Waals surface area contributed by atoms with Crippen LogP contribution in [0.3, 0.4) is 0 Å². The number of hydrogen-bond acceptors (Lipinski definition) is 2. The molecule has 0 saturated carbocycles. The first-order valence-electron chi connectivity index (χ1n) is 7.62. The lowest BCUT2D eigenvalue weighted by Crippen LogP contribution is -2.52. The van der Waals surface area contributed by atoms with Crippen molar-refractivity contribution in [2.45, 2.75) is 39.3 Å². The summed E-state index contributed by atoms with van der Waals surface area (Å²) < 4.78 is 2.23. The molecule has 4 nitrogen and oxygen atoms in total. The van der Waals surface area contributed by atoms with Crippen molar-refractivity contribution in [3.8, 4) is 0 Å². The lowest BCUT2D eigenvalue weighted by molar-refractivity contribution is -0.126. The molecule has 0 saturated heterocycles. The van der Waals surface area contributed by atoms with Crippen LogP contribution in [0.25, 0.3) is 10.9 Å². The third kappa shape index (κ3) is 3.85. The van der Waals surface area contributed by atoms with Gasteiger partial charge in [0.25, 0.3) is 0 Å². The SMILES string of the molecule is CCNC(C)(C)C(=O)NCCCn1ccc2ccccc21. The van der Waals surface area contributed by atoms with Crippen molar-refractivity contribution in [2.24, 2.45) is 0 Å². The van der Waals surface area contributed by atoms with E-state index in [1.54, 1.807) is 0 Å².